The predicted octanol–water partition coefficient (Wildman–Crippen LogP) is 5.30. The van der Waals surface area contributed by atoms with Gasteiger partial charge < -0.3 is 15.0 Å². The number of carbonyl (C=O) groups excluding carboxylic acids is 2. The van der Waals surface area contributed by atoms with Gasteiger partial charge in [-0.2, -0.15) is 0 Å². The fourth-order valence-electron chi connectivity index (χ4n) is 3.25. The van der Waals surface area contributed by atoms with Crippen LogP contribution in [0.1, 0.15) is 29.8 Å². The molecule has 5 nitrogen and oxygen atoms in total. The van der Waals surface area contributed by atoms with E-state index in [0.717, 1.165) is 16.3 Å². The molecule has 0 aliphatic heterocycles. The summed E-state index contributed by atoms with van der Waals surface area (Å²) in [6, 6.07) is 16.8. The molecule has 0 aliphatic rings. The van der Waals surface area contributed by atoms with Crippen molar-refractivity contribution in [2.45, 2.75) is 20.8 Å². The molecule has 0 aliphatic carbocycles. The average molecular weight is 425 g/mol. The van der Waals surface area contributed by atoms with Gasteiger partial charge in [-0.1, -0.05) is 41.9 Å². The van der Waals surface area contributed by atoms with Crippen LogP contribution in [0.4, 0.5) is 5.69 Å². The van der Waals surface area contributed by atoms with Crippen LogP contribution in [0.15, 0.2) is 54.6 Å². The number of halogens is 1. The molecule has 0 heterocycles. The molecule has 30 heavy (non-hydrogen) atoms. The van der Waals surface area contributed by atoms with E-state index in [0.29, 0.717) is 35.2 Å². The van der Waals surface area contributed by atoms with Gasteiger partial charge in [-0.3, -0.25) is 9.59 Å². The number of hydrogen-bond acceptors (Lipinski definition) is 3. The van der Waals surface area contributed by atoms with E-state index >= 15 is 0 Å². The molecule has 156 valence electrons. The number of carbonyl (C=O) groups is 2. The second-order valence-corrected chi connectivity index (χ2v) is 7.39. The largest absolute Gasteiger partial charge is 0.493 e. The lowest BCUT2D eigenvalue weighted by atomic mass is 10.0. The lowest BCUT2D eigenvalue weighted by molar-refractivity contribution is -0.116. The van der Waals surface area contributed by atoms with Crippen LogP contribution >= 0.6 is 11.6 Å². The fraction of sp³-hybridized carbons (Fsp3) is 0.250. The van der Waals surface area contributed by atoms with Crippen LogP contribution in [0.2, 0.25) is 5.02 Å². The van der Waals surface area contributed by atoms with Gasteiger partial charge in [-0.25, -0.2) is 0 Å². The zero-order valence-electron chi connectivity index (χ0n) is 17.4. The number of fused-ring (bicyclic) bond motifs is 1. The smallest absolute Gasteiger partial charge is 0.258 e. The lowest BCUT2D eigenvalue weighted by Gasteiger charge is -2.22. The van der Waals surface area contributed by atoms with Crippen molar-refractivity contribution >= 4 is 39.9 Å². The van der Waals surface area contributed by atoms with E-state index in [9.17, 15) is 9.59 Å². The molecule has 0 saturated carbocycles. The first-order valence-corrected chi connectivity index (χ1v) is 10.3. The van der Waals surface area contributed by atoms with Crippen LogP contribution in [-0.4, -0.2) is 36.4 Å². The standard InChI is InChI=1S/C24H25ClN2O3/c1-4-27(15-23(28)26-21-14-19(25)11-10-16(21)3)24(29)20-12-17-8-6-7-9-18(17)13-22(20)30-5-2/h6-14H,4-5,15H2,1-3H3,(H,26,28). The third-order valence-corrected chi connectivity index (χ3v) is 5.09. The molecule has 0 aromatic heterocycles. The molecule has 0 saturated heterocycles. The van der Waals surface area contributed by atoms with Crippen molar-refractivity contribution in [3.8, 4) is 5.75 Å². The lowest BCUT2D eigenvalue weighted by Crippen LogP contribution is -2.38. The zero-order chi connectivity index (χ0) is 21.7. The SMILES string of the molecule is CCOc1cc2ccccc2cc1C(=O)N(CC)CC(=O)Nc1cc(Cl)ccc1C. The van der Waals surface area contributed by atoms with Crippen molar-refractivity contribution in [3.63, 3.8) is 0 Å². The van der Waals surface area contributed by atoms with Crippen LogP contribution in [-0.2, 0) is 4.79 Å². The van der Waals surface area contributed by atoms with Crippen LogP contribution in [0.3, 0.4) is 0 Å². The van der Waals surface area contributed by atoms with E-state index in [1.54, 1.807) is 12.1 Å². The van der Waals surface area contributed by atoms with Gasteiger partial charge in [0.2, 0.25) is 5.91 Å². The first-order valence-electron chi connectivity index (χ1n) is 9.93. The summed E-state index contributed by atoms with van der Waals surface area (Å²) in [6.07, 6.45) is 0. The van der Waals surface area contributed by atoms with Gasteiger partial charge in [-0.15, -0.1) is 0 Å². The molecule has 0 radical (unpaired) electrons. The van der Waals surface area contributed by atoms with E-state index in [1.165, 1.54) is 4.90 Å². The molecule has 0 fully saturated rings. The van der Waals surface area contributed by atoms with E-state index in [4.69, 9.17) is 16.3 Å². The van der Waals surface area contributed by atoms with Crippen LogP contribution in [0.5, 0.6) is 5.75 Å². The van der Waals surface area contributed by atoms with Crippen molar-refractivity contribution in [1.29, 1.82) is 0 Å². The van der Waals surface area contributed by atoms with Gasteiger partial charge in [-0.05, 0) is 61.4 Å². The Kier molecular flexibility index (Phi) is 6.95. The zero-order valence-corrected chi connectivity index (χ0v) is 18.1. The minimum Gasteiger partial charge on any atom is -0.493 e. The van der Waals surface area contributed by atoms with Crippen LogP contribution in [0.25, 0.3) is 10.8 Å². The van der Waals surface area contributed by atoms with Gasteiger partial charge in [0.05, 0.1) is 12.2 Å². The summed E-state index contributed by atoms with van der Waals surface area (Å²) in [4.78, 5) is 27.4. The summed E-state index contributed by atoms with van der Waals surface area (Å²) < 4.78 is 5.73. The number of likely N-dealkylation sites (N-methyl/N-ethyl adjacent to an activating group) is 1. The van der Waals surface area contributed by atoms with Crippen LogP contribution < -0.4 is 10.1 Å². The van der Waals surface area contributed by atoms with E-state index in [-0.39, 0.29) is 18.4 Å². The maximum atomic E-state index is 13.3. The number of anilines is 1. The monoisotopic (exact) mass is 424 g/mol. The number of rotatable bonds is 7. The molecule has 0 atom stereocenters. The Labute approximate surface area is 181 Å². The van der Waals surface area contributed by atoms with Gasteiger partial charge in [0.25, 0.3) is 5.91 Å². The fourth-order valence-corrected chi connectivity index (χ4v) is 3.42. The molecular formula is C24H25ClN2O3. The van der Waals surface area contributed by atoms with Crippen molar-refractivity contribution < 1.29 is 14.3 Å². The Morgan fingerprint density at radius 2 is 1.73 bits per heavy atom. The molecule has 6 heteroatoms. The Balaban J connectivity index is 1.84. The second-order valence-electron chi connectivity index (χ2n) is 6.96. The second kappa shape index (κ2) is 9.63. The van der Waals surface area contributed by atoms with Crippen molar-refractivity contribution in [2.75, 3.05) is 25.0 Å². The molecule has 2 amide bonds. The summed E-state index contributed by atoms with van der Waals surface area (Å²) in [5.41, 5.74) is 1.98. The molecular weight excluding hydrogens is 400 g/mol. The molecule has 3 rings (SSSR count). The average Bonchev–Trinajstić information content (AvgIpc) is 2.74. The minimum absolute atomic E-state index is 0.0698. The van der Waals surface area contributed by atoms with Gasteiger partial charge >= 0.3 is 0 Å². The first kappa shape index (κ1) is 21.7. The van der Waals surface area contributed by atoms with E-state index in [1.807, 2.05) is 63.2 Å². The first-order chi connectivity index (χ1) is 14.4. The van der Waals surface area contributed by atoms with Crippen molar-refractivity contribution in [2.24, 2.45) is 0 Å². The van der Waals surface area contributed by atoms with E-state index in [2.05, 4.69) is 5.32 Å². The predicted molar refractivity (Wildman–Crippen MR) is 122 cm³/mol. The number of nitrogens with one attached hydrogen (secondary N) is 1. The highest BCUT2D eigenvalue weighted by atomic mass is 35.5. The third-order valence-electron chi connectivity index (χ3n) is 4.86. The summed E-state index contributed by atoms with van der Waals surface area (Å²) in [5, 5.41) is 5.32. The molecule has 0 bridgehead atoms. The van der Waals surface area contributed by atoms with Crippen LogP contribution in [0, 0.1) is 6.92 Å². The van der Waals surface area contributed by atoms with Gasteiger partial charge in [0.1, 0.15) is 12.3 Å². The highest BCUT2D eigenvalue weighted by molar-refractivity contribution is 6.31. The topological polar surface area (TPSA) is 58.6 Å². The third kappa shape index (κ3) is 4.92. The Bertz CT molecular complexity index is 1080. The van der Waals surface area contributed by atoms with Crippen molar-refractivity contribution in [1.82, 2.24) is 4.90 Å². The Morgan fingerprint density at radius 1 is 1.03 bits per heavy atom. The molecule has 1 N–H and O–H groups in total. The molecule has 3 aromatic carbocycles. The summed E-state index contributed by atoms with van der Waals surface area (Å²) in [7, 11) is 0. The highest BCUT2D eigenvalue weighted by Crippen LogP contribution is 2.27. The summed E-state index contributed by atoms with van der Waals surface area (Å²) in [6.45, 7) is 6.37. The normalized spacial score (nSPS) is 10.7. The maximum Gasteiger partial charge on any atom is 0.258 e. The Hall–Kier alpha value is -3.05. The molecule has 0 unspecified atom stereocenters. The number of aryl methyl sites for hydroxylation is 1. The van der Waals surface area contributed by atoms with E-state index < -0.39 is 0 Å². The number of nitrogens with zero attached hydrogens (tertiary/aromatic N) is 1. The van der Waals surface area contributed by atoms with Crippen molar-refractivity contribution in [3.05, 3.63) is 70.7 Å². The summed E-state index contributed by atoms with van der Waals surface area (Å²) >= 11 is 6.03. The summed E-state index contributed by atoms with van der Waals surface area (Å²) in [5.74, 6) is -0.00951. The number of ether oxygens (including phenoxy) is 1. The van der Waals surface area contributed by atoms with Gasteiger partial charge in [0, 0.05) is 17.3 Å². The Morgan fingerprint density at radius 3 is 2.40 bits per heavy atom. The number of hydrogen-bond donors (Lipinski definition) is 1. The maximum absolute atomic E-state index is 13.3. The minimum atomic E-state index is -0.283. The van der Waals surface area contributed by atoms with Gasteiger partial charge in [0.15, 0.2) is 0 Å². The number of benzene rings is 3. The highest BCUT2D eigenvalue weighted by Gasteiger charge is 2.22. The molecule has 3 aromatic rings. The quantitative estimate of drug-likeness (QED) is 0.559. The number of amides is 2. The molecule has 0 spiro atoms.